The van der Waals surface area contributed by atoms with Crippen molar-refractivity contribution >= 4 is 17.4 Å². The van der Waals surface area contributed by atoms with Gasteiger partial charge in [-0.1, -0.05) is 11.6 Å². The smallest absolute Gasteiger partial charge is 0.310 e. The Morgan fingerprint density at radius 2 is 2.20 bits per heavy atom. The molecule has 1 fully saturated rings. The van der Waals surface area contributed by atoms with Crippen molar-refractivity contribution in [3.8, 4) is 0 Å². The Morgan fingerprint density at radius 1 is 1.47 bits per heavy atom. The average Bonchev–Trinajstić information content (AvgIpc) is 2.25. The van der Waals surface area contributed by atoms with Crippen molar-refractivity contribution in [2.75, 3.05) is 18.5 Å². The summed E-state index contributed by atoms with van der Waals surface area (Å²) in [7, 11) is 0. The first-order valence-electron chi connectivity index (χ1n) is 4.78. The molecule has 1 aliphatic heterocycles. The maximum absolute atomic E-state index is 12.8. The highest BCUT2D eigenvalue weighted by molar-refractivity contribution is 6.32. The van der Waals surface area contributed by atoms with Crippen LogP contribution in [-0.2, 0) is 4.74 Å². The fourth-order valence-corrected chi connectivity index (χ4v) is 1.63. The molecule has 82 valence electrons. The second-order valence-corrected chi connectivity index (χ2v) is 3.77. The standard InChI is InChI=1S/C9H11ClFN3O/c10-7-5-12-9(11)14-8(7)13-6-1-3-15-4-2-6/h5-6H,1-4H2,(H,12,13,14). The van der Waals surface area contributed by atoms with Crippen LogP contribution in [0.25, 0.3) is 0 Å². The molecule has 0 spiro atoms. The van der Waals surface area contributed by atoms with E-state index in [0.717, 1.165) is 12.8 Å². The Kier molecular flexibility index (Phi) is 3.33. The minimum atomic E-state index is -0.769. The molecule has 6 heteroatoms. The van der Waals surface area contributed by atoms with E-state index in [-0.39, 0.29) is 6.04 Å². The van der Waals surface area contributed by atoms with Crippen LogP contribution >= 0.6 is 11.6 Å². The number of nitrogens with zero attached hydrogens (tertiary/aromatic N) is 2. The number of hydrogen-bond donors (Lipinski definition) is 1. The van der Waals surface area contributed by atoms with Gasteiger partial charge in [-0.25, -0.2) is 4.98 Å². The highest BCUT2D eigenvalue weighted by atomic mass is 35.5. The number of hydrogen-bond acceptors (Lipinski definition) is 4. The Hall–Kier alpha value is -0.940. The summed E-state index contributed by atoms with van der Waals surface area (Å²) in [6.07, 6.45) is 2.24. The van der Waals surface area contributed by atoms with Crippen LogP contribution in [0, 0.1) is 6.08 Å². The van der Waals surface area contributed by atoms with Crippen LogP contribution in [-0.4, -0.2) is 29.2 Å². The van der Waals surface area contributed by atoms with Crippen molar-refractivity contribution in [3.05, 3.63) is 17.3 Å². The molecule has 1 aromatic rings. The van der Waals surface area contributed by atoms with Crippen molar-refractivity contribution < 1.29 is 9.13 Å². The summed E-state index contributed by atoms with van der Waals surface area (Å²) >= 11 is 5.83. The maximum Gasteiger partial charge on any atom is 0.310 e. The highest BCUT2D eigenvalue weighted by Gasteiger charge is 2.15. The minimum Gasteiger partial charge on any atom is -0.381 e. The minimum absolute atomic E-state index is 0.241. The van der Waals surface area contributed by atoms with Gasteiger partial charge < -0.3 is 10.1 Å². The summed E-state index contributed by atoms with van der Waals surface area (Å²) in [6.45, 7) is 1.42. The lowest BCUT2D eigenvalue weighted by atomic mass is 10.1. The molecule has 1 saturated heterocycles. The van der Waals surface area contributed by atoms with Gasteiger partial charge in [0.05, 0.1) is 6.20 Å². The third-order valence-electron chi connectivity index (χ3n) is 2.28. The summed E-state index contributed by atoms with van der Waals surface area (Å²) < 4.78 is 18.0. The van der Waals surface area contributed by atoms with Gasteiger partial charge in [-0.05, 0) is 12.8 Å². The average molecular weight is 232 g/mol. The molecule has 15 heavy (non-hydrogen) atoms. The van der Waals surface area contributed by atoms with E-state index in [1.165, 1.54) is 6.20 Å². The largest absolute Gasteiger partial charge is 0.381 e. The number of halogens is 2. The molecule has 1 N–H and O–H groups in total. The lowest BCUT2D eigenvalue weighted by molar-refractivity contribution is 0.0903. The normalized spacial score (nSPS) is 17.7. The molecule has 0 saturated carbocycles. The van der Waals surface area contributed by atoms with Gasteiger partial charge in [0, 0.05) is 19.3 Å². The maximum atomic E-state index is 12.8. The van der Waals surface area contributed by atoms with Crippen molar-refractivity contribution in [3.63, 3.8) is 0 Å². The predicted octanol–water partition coefficient (Wildman–Crippen LogP) is 1.86. The van der Waals surface area contributed by atoms with Crippen molar-refractivity contribution in [2.45, 2.75) is 18.9 Å². The highest BCUT2D eigenvalue weighted by Crippen LogP contribution is 2.20. The molecule has 0 atom stereocenters. The topological polar surface area (TPSA) is 47.0 Å². The molecule has 4 nitrogen and oxygen atoms in total. The van der Waals surface area contributed by atoms with E-state index in [0.29, 0.717) is 24.1 Å². The molecule has 0 radical (unpaired) electrons. The Morgan fingerprint density at radius 3 is 2.93 bits per heavy atom. The van der Waals surface area contributed by atoms with Gasteiger partial charge in [-0.15, -0.1) is 0 Å². The third-order valence-corrected chi connectivity index (χ3v) is 2.55. The monoisotopic (exact) mass is 231 g/mol. The summed E-state index contributed by atoms with van der Waals surface area (Å²) in [5.74, 6) is 0.357. The first kappa shape index (κ1) is 10.6. The van der Waals surface area contributed by atoms with Gasteiger partial charge in [-0.3, -0.25) is 0 Å². The lowest BCUT2D eigenvalue weighted by Crippen LogP contribution is -2.28. The molecule has 1 aliphatic rings. The van der Waals surface area contributed by atoms with Gasteiger partial charge >= 0.3 is 6.08 Å². The van der Waals surface area contributed by atoms with Crippen LogP contribution in [0.2, 0.25) is 5.02 Å². The molecule has 0 unspecified atom stereocenters. The first-order valence-corrected chi connectivity index (χ1v) is 5.16. The SMILES string of the molecule is Fc1ncc(Cl)c(NC2CCOCC2)n1. The Bertz CT molecular complexity index is 344. The van der Waals surface area contributed by atoms with Gasteiger partial charge in [-0.2, -0.15) is 9.37 Å². The quantitative estimate of drug-likeness (QED) is 0.790. The molecule has 0 bridgehead atoms. The second kappa shape index (κ2) is 4.72. The first-order chi connectivity index (χ1) is 7.25. The zero-order chi connectivity index (χ0) is 10.7. The zero-order valence-electron chi connectivity index (χ0n) is 8.04. The Balaban J connectivity index is 2.05. The van der Waals surface area contributed by atoms with E-state index in [1.54, 1.807) is 0 Å². The van der Waals surface area contributed by atoms with Gasteiger partial charge in [0.25, 0.3) is 0 Å². The van der Waals surface area contributed by atoms with Crippen molar-refractivity contribution in [1.82, 2.24) is 9.97 Å². The molecule has 0 amide bonds. The van der Waals surface area contributed by atoms with Gasteiger partial charge in [0.1, 0.15) is 5.02 Å². The third kappa shape index (κ3) is 2.76. The fourth-order valence-electron chi connectivity index (χ4n) is 1.48. The second-order valence-electron chi connectivity index (χ2n) is 3.37. The predicted molar refractivity (Wildman–Crippen MR) is 54.5 cm³/mol. The number of anilines is 1. The van der Waals surface area contributed by atoms with Gasteiger partial charge in [0.15, 0.2) is 5.82 Å². The van der Waals surface area contributed by atoms with E-state index in [2.05, 4.69) is 15.3 Å². The molecule has 0 aromatic carbocycles. The fraction of sp³-hybridized carbons (Fsp3) is 0.556. The van der Waals surface area contributed by atoms with Crippen LogP contribution in [0.4, 0.5) is 10.2 Å². The van der Waals surface area contributed by atoms with Crippen LogP contribution in [0.15, 0.2) is 6.20 Å². The molecule has 1 aromatic heterocycles. The summed E-state index contributed by atoms with van der Waals surface area (Å²) in [5.41, 5.74) is 0. The summed E-state index contributed by atoms with van der Waals surface area (Å²) in [5, 5.41) is 3.42. The van der Waals surface area contributed by atoms with E-state index in [4.69, 9.17) is 16.3 Å². The van der Waals surface area contributed by atoms with E-state index in [9.17, 15) is 4.39 Å². The number of nitrogens with one attached hydrogen (secondary N) is 1. The Labute approximate surface area is 91.8 Å². The van der Waals surface area contributed by atoms with Crippen molar-refractivity contribution in [1.29, 1.82) is 0 Å². The summed E-state index contributed by atoms with van der Waals surface area (Å²) in [6, 6.07) is 0.241. The number of rotatable bonds is 2. The van der Waals surface area contributed by atoms with Crippen LogP contribution < -0.4 is 5.32 Å². The van der Waals surface area contributed by atoms with Crippen molar-refractivity contribution in [2.24, 2.45) is 0 Å². The van der Waals surface area contributed by atoms with Gasteiger partial charge in [0.2, 0.25) is 0 Å². The van der Waals surface area contributed by atoms with E-state index >= 15 is 0 Å². The molecule has 0 aliphatic carbocycles. The summed E-state index contributed by atoms with van der Waals surface area (Å²) in [4.78, 5) is 6.96. The zero-order valence-corrected chi connectivity index (χ0v) is 8.80. The number of ether oxygens (including phenoxy) is 1. The van der Waals surface area contributed by atoms with Crippen LogP contribution in [0.1, 0.15) is 12.8 Å². The number of aromatic nitrogens is 2. The molecular formula is C9H11ClFN3O. The van der Waals surface area contributed by atoms with Crippen LogP contribution in [0.5, 0.6) is 0 Å². The van der Waals surface area contributed by atoms with E-state index in [1.807, 2.05) is 0 Å². The molecule has 2 rings (SSSR count). The van der Waals surface area contributed by atoms with Crippen LogP contribution in [0.3, 0.4) is 0 Å². The molecule has 2 heterocycles. The van der Waals surface area contributed by atoms with E-state index < -0.39 is 6.08 Å². The molecular weight excluding hydrogens is 221 g/mol. The lowest BCUT2D eigenvalue weighted by Gasteiger charge is -2.23.